The summed E-state index contributed by atoms with van der Waals surface area (Å²) in [5.41, 5.74) is 0.591. The highest BCUT2D eigenvalue weighted by molar-refractivity contribution is 9.10. The van der Waals surface area contributed by atoms with Crippen LogP contribution in [0.25, 0.3) is 0 Å². The molecule has 1 heterocycles. The van der Waals surface area contributed by atoms with Crippen molar-refractivity contribution in [1.29, 1.82) is 0 Å². The lowest BCUT2D eigenvalue weighted by atomic mass is 10.3. The Hall–Kier alpha value is -1.05. The average molecular weight is 362 g/mol. The predicted octanol–water partition coefficient (Wildman–Crippen LogP) is 2.96. The summed E-state index contributed by atoms with van der Waals surface area (Å²) in [7, 11) is 1.83. The maximum absolute atomic E-state index is 11.8. The highest BCUT2D eigenvalue weighted by atomic mass is 79.9. The van der Waals surface area contributed by atoms with Crippen LogP contribution in [-0.4, -0.2) is 26.4 Å². The Morgan fingerprint density at radius 3 is 3.00 bits per heavy atom. The van der Waals surface area contributed by atoms with E-state index < -0.39 is 0 Å². The maximum Gasteiger partial charge on any atom is 0.234 e. The molecule has 1 aromatic carbocycles. The number of nitrogens with one attached hydrogen (secondary N) is 1. The molecule has 8 heteroatoms. The molecule has 0 spiro atoms. The molecule has 0 unspecified atom stereocenters. The van der Waals surface area contributed by atoms with E-state index >= 15 is 0 Å². The molecular formula is C11H10BrClN4OS. The normalized spacial score (nSPS) is 10.5. The summed E-state index contributed by atoms with van der Waals surface area (Å²) >= 11 is 10.6. The van der Waals surface area contributed by atoms with Gasteiger partial charge in [-0.25, -0.2) is 0 Å². The van der Waals surface area contributed by atoms with Crippen LogP contribution in [0.4, 0.5) is 5.69 Å². The minimum absolute atomic E-state index is 0.141. The smallest absolute Gasteiger partial charge is 0.234 e. The van der Waals surface area contributed by atoms with Crippen LogP contribution in [0.15, 0.2) is 34.2 Å². The number of rotatable bonds is 4. The molecular weight excluding hydrogens is 352 g/mol. The molecule has 2 aromatic rings. The van der Waals surface area contributed by atoms with Crippen molar-refractivity contribution >= 4 is 50.9 Å². The Morgan fingerprint density at radius 2 is 2.37 bits per heavy atom. The monoisotopic (exact) mass is 360 g/mol. The number of thioether (sulfide) groups is 1. The van der Waals surface area contributed by atoms with Crippen LogP contribution in [0.5, 0.6) is 0 Å². The molecule has 0 bridgehead atoms. The van der Waals surface area contributed by atoms with Gasteiger partial charge in [-0.2, -0.15) is 0 Å². The Balaban J connectivity index is 1.93. The summed E-state index contributed by atoms with van der Waals surface area (Å²) in [5, 5.41) is 11.6. The summed E-state index contributed by atoms with van der Waals surface area (Å²) in [5.74, 6) is 0.107. The summed E-state index contributed by atoms with van der Waals surface area (Å²) in [6.45, 7) is 0. The molecule has 1 amide bonds. The number of aryl methyl sites for hydroxylation is 1. The number of nitrogens with zero attached hydrogens (tertiary/aromatic N) is 3. The molecule has 2 rings (SSSR count). The van der Waals surface area contributed by atoms with Gasteiger partial charge in [0, 0.05) is 11.5 Å². The van der Waals surface area contributed by atoms with E-state index in [2.05, 4.69) is 31.4 Å². The second kappa shape index (κ2) is 6.40. The van der Waals surface area contributed by atoms with Crippen molar-refractivity contribution in [2.24, 2.45) is 7.05 Å². The van der Waals surface area contributed by atoms with Gasteiger partial charge in [-0.3, -0.25) is 4.79 Å². The first-order valence-corrected chi connectivity index (χ1v) is 7.43. The van der Waals surface area contributed by atoms with Gasteiger partial charge in [0.05, 0.1) is 16.5 Å². The van der Waals surface area contributed by atoms with E-state index in [1.807, 2.05) is 13.1 Å². The number of benzene rings is 1. The highest BCUT2D eigenvalue weighted by Crippen LogP contribution is 2.26. The topological polar surface area (TPSA) is 59.8 Å². The van der Waals surface area contributed by atoms with E-state index in [4.69, 9.17) is 11.6 Å². The van der Waals surface area contributed by atoms with Crippen molar-refractivity contribution in [3.63, 3.8) is 0 Å². The lowest BCUT2D eigenvalue weighted by Gasteiger charge is -2.07. The van der Waals surface area contributed by atoms with Crippen LogP contribution >= 0.6 is 39.3 Å². The third-order valence-electron chi connectivity index (χ3n) is 2.21. The fourth-order valence-electron chi connectivity index (χ4n) is 1.31. The number of halogens is 2. The lowest BCUT2D eigenvalue weighted by Crippen LogP contribution is -2.14. The number of amides is 1. The van der Waals surface area contributed by atoms with Crippen molar-refractivity contribution in [2.75, 3.05) is 11.1 Å². The SMILES string of the molecule is Cn1cnnc1SCC(=O)Nc1ccc(Br)cc1Cl. The molecule has 19 heavy (non-hydrogen) atoms. The Morgan fingerprint density at radius 1 is 1.58 bits per heavy atom. The van der Waals surface area contributed by atoms with Crippen molar-refractivity contribution in [2.45, 2.75) is 5.16 Å². The minimum atomic E-state index is -0.141. The zero-order valence-electron chi connectivity index (χ0n) is 9.93. The Bertz CT molecular complexity index is 604. The molecule has 0 radical (unpaired) electrons. The molecule has 0 aliphatic heterocycles. The van der Waals surface area contributed by atoms with E-state index in [9.17, 15) is 4.79 Å². The third-order valence-corrected chi connectivity index (χ3v) is 4.05. The van der Waals surface area contributed by atoms with E-state index in [0.29, 0.717) is 15.9 Å². The third kappa shape index (κ3) is 3.95. The number of aromatic nitrogens is 3. The number of carbonyl (C=O) groups excluding carboxylic acids is 1. The number of hydrogen-bond donors (Lipinski definition) is 1. The molecule has 0 atom stereocenters. The average Bonchev–Trinajstić information content (AvgIpc) is 2.76. The largest absolute Gasteiger partial charge is 0.324 e. The Labute approximate surface area is 127 Å². The van der Waals surface area contributed by atoms with Crippen LogP contribution in [0.2, 0.25) is 5.02 Å². The van der Waals surface area contributed by atoms with Crippen molar-refractivity contribution in [3.05, 3.63) is 34.0 Å². The fraction of sp³-hybridized carbons (Fsp3) is 0.182. The van der Waals surface area contributed by atoms with E-state index in [0.717, 1.165) is 4.47 Å². The van der Waals surface area contributed by atoms with E-state index in [-0.39, 0.29) is 11.7 Å². The molecule has 100 valence electrons. The predicted molar refractivity (Wildman–Crippen MR) is 79.5 cm³/mol. The van der Waals surface area contributed by atoms with Gasteiger partial charge in [0.1, 0.15) is 6.33 Å². The van der Waals surface area contributed by atoms with E-state index in [1.54, 1.807) is 23.0 Å². The van der Waals surface area contributed by atoms with Crippen LogP contribution in [0, 0.1) is 0 Å². The minimum Gasteiger partial charge on any atom is -0.324 e. The molecule has 0 fully saturated rings. The summed E-state index contributed by atoms with van der Waals surface area (Å²) < 4.78 is 2.62. The van der Waals surface area contributed by atoms with Crippen LogP contribution < -0.4 is 5.32 Å². The number of hydrogen-bond acceptors (Lipinski definition) is 4. The van der Waals surface area contributed by atoms with Gasteiger partial charge in [0.2, 0.25) is 5.91 Å². The first-order valence-electron chi connectivity index (χ1n) is 5.28. The van der Waals surface area contributed by atoms with Crippen molar-refractivity contribution in [1.82, 2.24) is 14.8 Å². The summed E-state index contributed by atoms with van der Waals surface area (Å²) in [4.78, 5) is 11.8. The van der Waals surface area contributed by atoms with Gasteiger partial charge in [-0.15, -0.1) is 10.2 Å². The first kappa shape index (κ1) is 14.4. The van der Waals surface area contributed by atoms with Gasteiger partial charge in [-0.05, 0) is 18.2 Å². The van der Waals surface area contributed by atoms with Crippen LogP contribution in [0.3, 0.4) is 0 Å². The molecule has 0 aliphatic rings. The molecule has 5 nitrogen and oxygen atoms in total. The van der Waals surface area contributed by atoms with Gasteiger partial charge in [0.25, 0.3) is 0 Å². The second-order valence-electron chi connectivity index (χ2n) is 3.69. The molecule has 0 aliphatic carbocycles. The fourth-order valence-corrected chi connectivity index (χ4v) is 2.72. The zero-order valence-corrected chi connectivity index (χ0v) is 13.1. The highest BCUT2D eigenvalue weighted by Gasteiger charge is 2.09. The quantitative estimate of drug-likeness (QED) is 0.851. The second-order valence-corrected chi connectivity index (χ2v) is 5.95. The van der Waals surface area contributed by atoms with Crippen molar-refractivity contribution in [3.8, 4) is 0 Å². The number of carbonyl (C=O) groups is 1. The van der Waals surface area contributed by atoms with Gasteiger partial charge < -0.3 is 9.88 Å². The molecule has 1 aromatic heterocycles. The first-order chi connectivity index (χ1) is 9.06. The Kier molecular flexibility index (Phi) is 4.84. The molecule has 1 N–H and O–H groups in total. The summed E-state index contributed by atoms with van der Waals surface area (Å²) in [6, 6.07) is 5.29. The van der Waals surface area contributed by atoms with Gasteiger partial charge in [-0.1, -0.05) is 39.3 Å². The van der Waals surface area contributed by atoms with Crippen molar-refractivity contribution < 1.29 is 4.79 Å². The standard InChI is InChI=1S/C11H10BrClN4OS/c1-17-6-14-16-11(17)19-5-10(18)15-9-3-2-7(12)4-8(9)13/h2-4,6H,5H2,1H3,(H,15,18). The summed E-state index contributed by atoms with van der Waals surface area (Å²) in [6.07, 6.45) is 1.59. The van der Waals surface area contributed by atoms with Gasteiger partial charge >= 0.3 is 0 Å². The van der Waals surface area contributed by atoms with E-state index in [1.165, 1.54) is 11.8 Å². The lowest BCUT2D eigenvalue weighted by molar-refractivity contribution is -0.113. The maximum atomic E-state index is 11.8. The van der Waals surface area contributed by atoms with Gasteiger partial charge in [0.15, 0.2) is 5.16 Å². The van der Waals surface area contributed by atoms with Crippen LogP contribution in [0.1, 0.15) is 0 Å². The molecule has 0 saturated carbocycles. The number of anilines is 1. The van der Waals surface area contributed by atoms with Crippen LogP contribution in [-0.2, 0) is 11.8 Å². The molecule has 0 saturated heterocycles. The zero-order chi connectivity index (χ0) is 13.8.